The molecule has 0 N–H and O–H groups in total. The smallest absolute Gasteiger partial charge is 0.338 e. The number of Topliss-reactive ketones (excluding diaryl/α,β-unsaturated/α-hetero) is 1. The Balaban J connectivity index is 1.69. The minimum atomic E-state index is -3.49. The van der Waals surface area contributed by atoms with E-state index in [1.807, 2.05) is 0 Å². The normalized spacial score (nSPS) is 22.5. The molecular weight excluding hydrogens is 330 g/mol. The van der Waals surface area contributed by atoms with Crippen molar-refractivity contribution in [3.63, 3.8) is 0 Å². The summed E-state index contributed by atoms with van der Waals surface area (Å²) in [4.78, 5) is 24.0. The number of carbonyl (C=O) groups is 2. The minimum Gasteiger partial charge on any atom is -0.451 e. The second kappa shape index (κ2) is 7.03. The summed E-state index contributed by atoms with van der Waals surface area (Å²) in [6.07, 6.45) is 3.81. The van der Waals surface area contributed by atoms with Gasteiger partial charge in [0.15, 0.2) is 11.9 Å². The summed E-state index contributed by atoms with van der Waals surface area (Å²) in [6, 6.07) is 5.73. The van der Waals surface area contributed by atoms with E-state index in [-0.39, 0.29) is 16.2 Å². The van der Waals surface area contributed by atoms with Gasteiger partial charge in [-0.25, -0.2) is 13.2 Å². The number of rotatable bonds is 4. The molecule has 1 unspecified atom stereocenters. The molecule has 3 rings (SSSR count). The Bertz CT molecular complexity index is 720. The molecule has 2 aliphatic rings. The van der Waals surface area contributed by atoms with Crippen LogP contribution < -0.4 is 0 Å². The number of carbonyl (C=O) groups excluding carboxylic acids is 2. The molecule has 0 spiro atoms. The first-order valence-corrected chi connectivity index (χ1v) is 9.76. The van der Waals surface area contributed by atoms with Crippen LogP contribution in [0.3, 0.4) is 0 Å². The van der Waals surface area contributed by atoms with Crippen LogP contribution in [-0.2, 0) is 19.6 Å². The van der Waals surface area contributed by atoms with Gasteiger partial charge in [0.25, 0.3) is 0 Å². The monoisotopic (exact) mass is 351 g/mol. The predicted octanol–water partition coefficient (Wildman–Crippen LogP) is 2.14. The Morgan fingerprint density at radius 3 is 2.33 bits per heavy atom. The zero-order valence-electron chi connectivity index (χ0n) is 13.4. The number of nitrogens with zero attached hydrogens (tertiary/aromatic N) is 1. The summed E-state index contributed by atoms with van der Waals surface area (Å²) >= 11 is 0. The molecule has 1 atom stereocenters. The van der Waals surface area contributed by atoms with Crippen molar-refractivity contribution in [1.82, 2.24) is 4.31 Å². The van der Waals surface area contributed by atoms with E-state index in [2.05, 4.69) is 0 Å². The maximum Gasteiger partial charge on any atom is 0.338 e. The first-order chi connectivity index (χ1) is 11.5. The number of sulfonamides is 1. The van der Waals surface area contributed by atoms with E-state index in [1.165, 1.54) is 28.6 Å². The van der Waals surface area contributed by atoms with Gasteiger partial charge < -0.3 is 4.74 Å². The number of ketones is 1. The molecule has 6 nitrogen and oxygen atoms in total. The molecule has 2 fully saturated rings. The van der Waals surface area contributed by atoms with Gasteiger partial charge in [0, 0.05) is 19.5 Å². The van der Waals surface area contributed by atoms with Crippen molar-refractivity contribution in [3.05, 3.63) is 29.8 Å². The van der Waals surface area contributed by atoms with E-state index >= 15 is 0 Å². The van der Waals surface area contributed by atoms with E-state index in [0.717, 1.165) is 25.7 Å². The average Bonchev–Trinajstić information content (AvgIpc) is 3.12. The fourth-order valence-corrected chi connectivity index (χ4v) is 4.63. The van der Waals surface area contributed by atoms with Crippen molar-refractivity contribution < 1.29 is 22.7 Å². The van der Waals surface area contributed by atoms with E-state index in [0.29, 0.717) is 25.9 Å². The number of benzene rings is 1. The van der Waals surface area contributed by atoms with Crippen LogP contribution >= 0.6 is 0 Å². The van der Waals surface area contributed by atoms with Crippen LogP contribution in [0.25, 0.3) is 0 Å². The topological polar surface area (TPSA) is 80.8 Å². The van der Waals surface area contributed by atoms with Crippen LogP contribution in [0.1, 0.15) is 48.9 Å². The summed E-state index contributed by atoms with van der Waals surface area (Å²) < 4.78 is 31.6. The molecule has 130 valence electrons. The zero-order chi connectivity index (χ0) is 17.2. The maximum absolute atomic E-state index is 12.4. The molecule has 24 heavy (non-hydrogen) atoms. The highest BCUT2D eigenvalue weighted by Crippen LogP contribution is 2.22. The van der Waals surface area contributed by atoms with Crippen LogP contribution in [0.2, 0.25) is 0 Å². The van der Waals surface area contributed by atoms with Gasteiger partial charge in [0.05, 0.1) is 10.5 Å². The predicted molar refractivity (Wildman–Crippen MR) is 87.1 cm³/mol. The molecule has 1 aromatic carbocycles. The van der Waals surface area contributed by atoms with Gasteiger partial charge >= 0.3 is 5.97 Å². The molecule has 1 aromatic rings. The summed E-state index contributed by atoms with van der Waals surface area (Å²) in [7, 11) is -3.49. The van der Waals surface area contributed by atoms with Gasteiger partial charge in [-0.3, -0.25) is 4.79 Å². The second-order valence-corrected chi connectivity index (χ2v) is 8.18. The molecule has 7 heteroatoms. The van der Waals surface area contributed by atoms with Crippen LogP contribution in [0.15, 0.2) is 29.2 Å². The Hall–Kier alpha value is -1.73. The Morgan fingerprint density at radius 2 is 1.71 bits per heavy atom. The third-order valence-corrected chi connectivity index (χ3v) is 6.45. The van der Waals surface area contributed by atoms with E-state index in [4.69, 9.17) is 4.74 Å². The van der Waals surface area contributed by atoms with Gasteiger partial charge in [-0.15, -0.1) is 0 Å². The number of hydrogen-bond acceptors (Lipinski definition) is 5. The Kier molecular flexibility index (Phi) is 5.01. The van der Waals surface area contributed by atoms with Gasteiger partial charge in [0.2, 0.25) is 10.0 Å². The van der Waals surface area contributed by atoms with Gasteiger partial charge in [-0.05, 0) is 56.4 Å². The standard InChI is InChI=1S/C17H21NO5S/c19-15-5-1-2-6-16(15)23-17(20)13-7-9-14(10-8-13)24(21,22)18-11-3-4-12-18/h7-10,16H,1-6,11-12H2. The SMILES string of the molecule is O=C(OC1CCCCC1=O)c1ccc(S(=O)(=O)N2CCCC2)cc1. The molecule has 1 heterocycles. The lowest BCUT2D eigenvalue weighted by Crippen LogP contribution is -2.30. The lowest BCUT2D eigenvalue weighted by molar-refractivity contribution is -0.129. The first kappa shape index (κ1) is 17.1. The van der Waals surface area contributed by atoms with Crippen molar-refractivity contribution in [2.75, 3.05) is 13.1 Å². The van der Waals surface area contributed by atoms with E-state index in [9.17, 15) is 18.0 Å². The van der Waals surface area contributed by atoms with Crippen molar-refractivity contribution in [3.8, 4) is 0 Å². The van der Waals surface area contributed by atoms with Crippen molar-refractivity contribution in [1.29, 1.82) is 0 Å². The quantitative estimate of drug-likeness (QED) is 0.777. The number of hydrogen-bond donors (Lipinski definition) is 0. The maximum atomic E-state index is 12.4. The van der Waals surface area contributed by atoms with Crippen molar-refractivity contribution in [2.45, 2.75) is 49.5 Å². The highest BCUT2D eigenvalue weighted by molar-refractivity contribution is 7.89. The van der Waals surface area contributed by atoms with Gasteiger partial charge in [0.1, 0.15) is 0 Å². The van der Waals surface area contributed by atoms with Crippen LogP contribution in [-0.4, -0.2) is 43.7 Å². The first-order valence-electron chi connectivity index (χ1n) is 8.32. The third kappa shape index (κ3) is 3.52. The second-order valence-electron chi connectivity index (χ2n) is 6.24. The van der Waals surface area contributed by atoms with Crippen LogP contribution in [0.5, 0.6) is 0 Å². The summed E-state index contributed by atoms with van der Waals surface area (Å²) in [5.74, 6) is -0.622. The Morgan fingerprint density at radius 1 is 1.04 bits per heavy atom. The third-order valence-electron chi connectivity index (χ3n) is 4.54. The summed E-state index contributed by atoms with van der Waals surface area (Å²) in [5, 5.41) is 0. The molecule has 0 radical (unpaired) electrons. The van der Waals surface area contributed by atoms with Gasteiger partial charge in [-0.2, -0.15) is 4.31 Å². The molecule has 1 aliphatic heterocycles. The number of esters is 1. The van der Waals surface area contributed by atoms with Crippen LogP contribution in [0, 0.1) is 0 Å². The average molecular weight is 351 g/mol. The molecule has 0 amide bonds. The Labute approximate surface area is 141 Å². The molecule has 0 bridgehead atoms. The molecule has 0 aromatic heterocycles. The number of ether oxygens (including phenoxy) is 1. The van der Waals surface area contributed by atoms with E-state index in [1.54, 1.807) is 0 Å². The zero-order valence-corrected chi connectivity index (χ0v) is 14.3. The molecular formula is C17H21NO5S. The van der Waals surface area contributed by atoms with Crippen LogP contribution in [0.4, 0.5) is 0 Å². The highest BCUT2D eigenvalue weighted by atomic mass is 32.2. The lowest BCUT2D eigenvalue weighted by atomic mass is 9.96. The van der Waals surface area contributed by atoms with E-state index < -0.39 is 22.1 Å². The summed E-state index contributed by atoms with van der Waals surface area (Å²) in [6.45, 7) is 1.08. The molecule has 1 saturated carbocycles. The molecule has 1 saturated heterocycles. The highest BCUT2D eigenvalue weighted by Gasteiger charge is 2.28. The summed E-state index contributed by atoms with van der Waals surface area (Å²) in [5.41, 5.74) is 0.258. The largest absolute Gasteiger partial charge is 0.451 e. The molecule has 1 aliphatic carbocycles. The van der Waals surface area contributed by atoms with Gasteiger partial charge in [-0.1, -0.05) is 0 Å². The lowest BCUT2D eigenvalue weighted by Gasteiger charge is -2.20. The van der Waals surface area contributed by atoms with Crippen molar-refractivity contribution >= 4 is 21.8 Å². The fraction of sp³-hybridized carbons (Fsp3) is 0.529. The minimum absolute atomic E-state index is 0.0390. The fourth-order valence-electron chi connectivity index (χ4n) is 3.11. The van der Waals surface area contributed by atoms with Crippen molar-refractivity contribution in [2.24, 2.45) is 0 Å².